The molecule has 6 nitrogen and oxygen atoms in total. The second-order valence-corrected chi connectivity index (χ2v) is 6.34. The number of benzene rings is 3. The van der Waals surface area contributed by atoms with Gasteiger partial charge in [-0.15, -0.1) is 0 Å². The van der Waals surface area contributed by atoms with Crippen LogP contribution in [0.2, 0.25) is 0 Å². The van der Waals surface area contributed by atoms with Crippen LogP contribution in [0.4, 0.5) is 10.1 Å². The number of amides is 2. The van der Waals surface area contributed by atoms with Crippen molar-refractivity contribution in [3.05, 3.63) is 90.2 Å². The zero-order valence-electron chi connectivity index (χ0n) is 15.9. The summed E-state index contributed by atoms with van der Waals surface area (Å²) in [6, 6.07) is 22.0. The smallest absolute Gasteiger partial charge is 0.325 e. The van der Waals surface area contributed by atoms with Crippen molar-refractivity contribution in [2.45, 2.75) is 0 Å². The van der Waals surface area contributed by atoms with E-state index in [0.29, 0.717) is 5.69 Å². The Kier molecular flexibility index (Phi) is 6.89. The first-order valence-electron chi connectivity index (χ1n) is 9.16. The molecule has 0 atom stereocenters. The number of rotatable bonds is 7. The molecule has 0 radical (unpaired) electrons. The van der Waals surface area contributed by atoms with E-state index >= 15 is 0 Å². The normalized spacial score (nSPS) is 10.2. The Hall–Kier alpha value is -4.00. The third-order valence-electron chi connectivity index (χ3n) is 4.14. The van der Waals surface area contributed by atoms with Crippen molar-refractivity contribution in [2.24, 2.45) is 0 Å². The highest BCUT2D eigenvalue weighted by molar-refractivity contribution is 5.96. The van der Waals surface area contributed by atoms with Gasteiger partial charge < -0.3 is 15.4 Å². The summed E-state index contributed by atoms with van der Waals surface area (Å²) in [4.78, 5) is 35.5. The van der Waals surface area contributed by atoms with Crippen LogP contribution in [0.25, 0.3) is 11.1 Å². The summed E-state index contributed by atoms with van der Waals surface area (Å²) in [5.74, 6) is -2.28. The van der Waals surface area contributed by atoms with Crippen molar-refractivity contribution in [2.75, 3.05) is 18.5 Å². The molecule has 0 heterocycles. The van der Waals surface area contributed by atoms with Gasteiger partial charge in [-0.25, -0.2) is 4.39 Å². The first kappa shape index (κ1) is 20.7. The summed E-state index contributed by atoms with van der Waals surface area (Å²) in [5.41, 5.74) is 2.85. The van der Waals surface area contributed by atoms with Gasteiger partial charge in [-0.05, 0) is 47.5 Å². The van der Waals surface area contributed by atoms with Crippen LogP contribution in [0.3, 0.4) is 0 Å². The Morgan fingerprint density at radius 3 is 2.10 bits per heavy atom. The molecule has 3 aromatic rings. The zero-order valence-corrected chi connectivity index (χ0v) is 15.9. The van der Waals surface area contributed by atoms with Gasteiger partial charge in [-0.3, -0.25) is 14.4 Å². The Morgan fingerprint density at radius 1 is 0.800 bits per heavy atom. The summed E-state index contributed by atoms with van der Waals surface area (Å²) in [6.07, 6.45) is 0. The van der Waals surface area contributed by atoms with E-state index in [2.05, 4.69) is 10.6 Å². The summed E-state index contributed by atoms with van der Waals surface area (Å²) in [7, 11) is 0. The molecule has 152 valence electrons. The Labute approximate surface area is 172 Å². The number of halogens is 1. The maximum atomic E-state index is 12.9. The molecule has 30 heavy (non-hydrogen) atoms. The molecule has 2 N–H and O–H groups in total. The molecule has 0 spiro atoms. The summed E-state index contributed by atoms with van der Waals surface area (Å²) < 4.78 is 17.7. The van der Waals surface area contributed by atoms with E-state index in [4.69, 9.17) is 4.74 Å². The molecule has 3 rings (SSSR count). The van der Waals surface area contributed by atoms with E-state index in [1.807, 2.05) is 42.5 Å². The second-order valence-electron chi connectivity index (χ2n) is 6.34. The molecule has 0 aliphatic rings. The number of hydrogen-bond acceptors (Lipinski definition) is 4. The molecule has 7 heteroatoms. The van der Waals surface area contributed by atoms with Crippen molar-refractivity contribution >= 4 is 23.5 Å². The Bertz CT molecular complexity index is 1020. The van der Waals surface area contributed by atoms with Crippen LogP contribution in [0.1, 0.15) is 10.4 Å². The highest BCUT2D eigenvalue weighted by Gasteiger charge is 2.11. The lowest BCUT2D eigenvalue weighted by atomic mass is 10.1. The fourth-order valence-corrected chi connectivity index (χ4v) is 2.63. The predicted octanol–water partition coefficient (Wildman–Crippen LogP) is 3.40. The van der Waals surface area contributed by atoms with Crippen molar-refractivity contribution < 1.29 is 23.5 Å². The molecule has 0 bridgehead atoms. The molecule has 3 aromatic carbocycles. The van der Waals surface area contributed by atoms with Crippen LogP contribution in [-0.2, 0) is 14.3 Å². The number of nitrogens with one attached hydrogen (secondary N) is 2. The summed E-state index contributed by atoms with van der Waals surface area (Å²) in [6.45, 7) is -0.888. The molecular weight excluding hydrogens is 387 g/mol. The first-order valence-corrected chi connectivity index (χ1v) is 9.16. The van der Waals surface area contributed by atoms with Crippen LogP contribution in [-0.4, -0.2) is 30.9 Å². The highest BCUT2D eigenvalue weighted by Crippen LogP contribution is 2.20. The Balaban J connectivity index is 1.41. The Morgan fingerprint density at radius 2 is 1.43 bits per heavy atom. The number of esters is 1. The molecule has 0 saturated heterocycles. The molecule has 0 unspecified atom stereocenters. The maximum absolute atomic E-state index is 12.9. The van der Waals surface area contributed by atoms with E-state index in [1.54, 1.807) is 12.1 Å². The fourth-order valence-electron chi connectivity index (χ4n) is 2.63. The minimum absolute atomic E-state index is 0.209. The van der Waals surface area contributed by atoms with Crippen molar-refractivity contribution in [3.8, 4) is 11.1 Å². The van der Waals surface area contributed by atoms with Gasteiger partial charge >= 0.3 is 5.97 Å². The number of carbonyl (C=O) groups excluding carboxylic acids is 3. The standard InChI is InChI=1S/C23H19FN2O4/c24-19-10-6-18(7-11-19)23(29)25-14-22(28)30-15-21(27)26-20-12-8-17(9-13-20)16-4-2-1-3-5-16/h1-13H,14-15H2,(H,25,29)(H,26,27). The monoisotopic (exact) mass is 406 g/mol. The highest BCUT2D eigenvalue weighted by atomic mass is 19.1. The minimum atomic E-state index is -0.764. The van der Waals surface area contributed by atoms with Gasteiger partial charge in [0.2, 0.25) is 0 Å². The van der Waals surface area contributed by atoms with E-state index in [0.717, 1.165) is 23.3 Å². The molecule has 2 amide bonds. The third-order valence-corrected chi connectivity index (χ3v) is 4.14. The van der Waals surface area contributed by atoms with E-state index in [-0.39, 0.29) is 5.56 Å². The summed E-state index contributed by atoms with van der Waals surface area (Å²) in [5, 5.41) is 4.98. The molecule has 0 aliphatic heterocycles. The SMILES string of the molecule is O=C(COC(=O)CNC(=O)c1ccc(F)cc1)Nc1ccc(-c2ccccc2)cc1. The topological polar surface area (TPSA) is 84.5 Å². The number of ether oxygens (including phenoxy) is 1. The largest absolute Gasteiger partial charge is 0.454 e. The average Bonchev–Trinajstić information content (AvgIpc) is 2.77. The van der Waals surface area contributed by atoms with Crippen LogP contribution in [0.5, 0.6) is 0 Å². The average molecular weight is 406 g/mol. The zero-order chi connectivity index (χ0) is 21.3. The lowest BCUT2D eigenvalue weighted by Gasteiger charge is -2.08. The number of anilines is 1. The summed E-state index contributed by atoms with van der Waals surface area (Å²) >= 11 is 0. The van der Waals surface area contributed by atoms with Crippen molar-refractivity contribution in [1.82, 2.24) is 5.32 Å². The van der Waals surface area contributed by atoms with Gasteiger partial charge in [0.1, 0.15) is 12.4 Å². The number of hydrogen-bond donors (Lipinski definition) is 2. The first-order chi connectivity index (χ1) is 14.5. The van der Waals surface area contributed by atoms with E-state index in [9.17, 15) is 18.8 Å². The van der Waals surface area contributed by atoms with Gasteiger partial charge in [0.25, 0.3) is 11.8 Å². The molecule has 0 saturated carbocycles. The molecule has 0 aromatic heterocycles. The molecule has 0 aliphatic carbocycles. The molecular formula is C23H19FN2O4. The minimum Gasteiger partial charge on any atom is -0.454 e. The van der Waals surface area contributed by atoms with Gasteiger partial charge in [0, 0.05) is 11.3 Å². The lowest BCUT2D eigenvalue weighted by Crippen LogP contribution is -2.32. The fraction of sp³-hybridized carbons (Fsp3) is 0.0870. The lowest BCUT2D eigenvalue weighted by molar-refractivity contribution is -0.146. The molecule has 0 fully saturated rings. The van der Waals surface area contributed by atoms with Gasteiger partial charge in [0.05, 0.1) is 0 Å². The van der Waals surface area contributed by atoms with Crippen molar-refractivity contribution in [1.29, 1.82) is 0 Å². The van der Waals surface area contributed by atoms with E-state index in [1.165, 1.54) is 12.1 Å². The van der Waals surface area contributed by atoms with Crippen LogP contribution in [0.15, 0.2) is 78.9 Å². The third kappa shape index (κ3) is 6.00. The van der Waals surface area contributed by atoms with Crippen LogP contribution >= 0.6 is 0 Å². The predicted molar refractivity (Wildman–Crippen MR) is 110 cm³/mol. The maximum Gasteiger partial charge on any atom is 0.325 e. The van der Waals surface area contributed by atoms with Crippen LogP contribution < -0.4 is 10.6 Å². The van der Waals surface area contributed by atoms with Gasteiger partial charge in [-0.2, -0.15) is 0 Å². The van der Waals surface area contributed by atoms with E-state index < -0.39 is 36.8 Å². The number of carbonyl (C=O) groups is 3. The van der Waals surface area contributed by atoms with Crippen molar-refractivity contribution in [3.63, 3.8) is 0 Å². The van der Waals surface area contributed by atoms with Gasteiger partial charge in [0.15, 0.2) is 6.61 Å². The van der Waals surface area contributed by atoms with Crippen LogP contribution in [0, 0.1) is 5.82 Å². The second kappa shape index (κ2) is 9.97. The van der Waals surface area contributed by atoms with Gasteiger partial charge in [-0.1, -0.05) is 42.5 Å². The quantitative estimate of drug-likeness (QED) is 0.589.